The number of carbonyl (C=O) groups excluding carboxylic acids is 1. The maximum atomic E-state index is 13.2. The second-order valence-corrected chi connectivity index (χ2v) is 7.90. The molecule has 0 radical (unpaired) electrons. The maximum absolute atomic E-state index is 13.2. The number of aromatic nitrogens is 3. The van der Waals surface area contributed by atoms with E-state index in [-0.39, 0.29) is 11.9 Å². The Bertz CT molecular complexity index is 1030. The molecule has 0 saturated carbocycles. The highest BCUT2D eigenvalue weighted by atomic mass is 16.5. The molecule has 3 aromatic rings. The second kappa shape index (κ2) is 9.28. The van der Waals surface area contributed by atoms with Gasteiger partial charge in [0.1, 0.15) is 0 Å². The van der Waals surface area contributed by atoms with Crippen LogP contribution in [0.25, 0.3) is 11.0 Å². The topological polar surface area (TPSA) is 60.3 Å². The Balaban J connectivity index is 1.83. The summed E-state index contributed by atoms with van der Waals surface area (Å²) in [5.41, 5.74) is 5.10. The van der Waals surface area contributed by atoms with Crippen molar-refractivity contribution in [3.63, 3.8) is 0 Å². The van der Waals surface area contributed by atoms with Gasteiger partial charge in [-0.25, -0.2) is 9.67 Å². The molecule has 6 nitrogen and oxygen atoms in total. The van der Waals surface area contributed by atoms with Crippen molar-refractivity contribution in [3.8, 4) is 5.88 Å². The van der Waals surface area contributed by atoms with Crippen LogP contribution in [0.5, 0.6) is 5.88 Å². The Morgan fingerprint density at radius 2 is 1.93 bits per heavy atom. The minimum absolute atomic E-state index is 0.172. The van der Waals surface area contributed by atoms with Crippen molar-refractivity contribution in [1.29, 1.82) is 0 Å². The van der Waals surface area contributed by atoms with Gasteiger partial charge in [-0.2, -0.15) is 0 Å². The van der Waals surface area contributed by atoms with Gasteiger partial charge in [0, 0.05) is 31.7 Å². The minimum atomic E-state index is 0.172. The predicted octanol–water partition coefficient (Wildman–Crippen LogP) is 4.35. The number of benzene rings is 1. The molecule has 0 aliphatic carbocycles. The summed E-state index contributed by atoms with van der Waals surface area (Å²) >= 11 is 0. The van der Waals surface area contributed by atoms with Gasteiger partial charge < -0.3 is 9.64 Å². The summed E-state index contributed by atoms with van der Waals surface area (Å²) in [6.45, 7) is 8.95. The molecule has 3 rings (SSSR count). The van der Waals surface area contributed by atoms with Gasteiger partial charge in [-0.05, 0) is 50.3 Å². The molecule has 0 N–H and O–H groups in total. The van der Waals surface area contributed by atoms with Crippen molar-refractivity contribution in [2.45, 2.75) is 59.5 Å². The lowest BCUT2D eigenvalue weighted by Gasteiger charge is -2.29. The molecule has 6 heteroatoms. The third-order valence-electron chi connectivity index (χ3n) is 5.94. The molecular weight excluding hydrogens is 376 g/mol. The summed E-state index contributed by atoms with van der Waals surface area (Å²) in [4.78, 5) is 19.9. The Morgan fingerprint density at radius 3 is 2.57 bits per heavy atom. The van der Waals surface area contributed by atoms with Gasteiger partial charge in [0.15, 0.2) is 5.65 Å². The number of carbonyl (C=O) groups is 1. The van der Waals surface area contributed by atoms with Crippen LogP contribution in [0.15, 0.2) is 30.3 Å². The molecule has 1 unspecified atom stereocenters. The molecule has 1 amide bonds. The monoisotopic (exact) mass is 408 g/mol. The number of fused-ring (bicyclic) bond motifs is 1. The third kappa shape index (κ3) is 4.32. The summed E-state index contributed by atoms with van der Waals surface area (Å²) in [6.07, 6.45) is 2.03. The van der Waals surface area contributed by atoms with E-state index in [9.17, 15) is 4.79 Å². The van der Waals surface area contributed by atoms with Crippen LogP contribution in [0.3, 0.4) is 0 Å². The van der Waals surface area contributed by atoms with E-state index in [1.54, 1.807) is 11.8 Å². The van der Waals surface area contributed by atoms with Crippen molar-refractivity contribution in [1.82, 2.24) is 19.7 Å². The first-order valence-corrected chi connectivity index (χ1v) is 10.6. The van der Waals surface area contributed by atoms with Crippen LogP contribution in [0.1, 0.15) is 49.1 Å². The maximum Gasteiger partial charge on any atom is 0.242 e. The molecule has 2 heterocycles. The van der Waals surface area contributed by atoms with Gasteiger partial charge in [0.2, 0.25) is 11.8 Å². The number of hydrogen-bond acceptors (Lipinski definition) is 4. The smallest absolute Gasteiger partial charge is 0.242 e. The lowest BCUT2D eigenvalue weighted by molar-refractivity contribution is -0.134. The number of ether oxygens (including phenoxy) is 1. The minimum Gasteiger partial charge on any atom is -0.479 e. The van der Waals surface area contributed by atoms with Crippen LogP contribution in [-0.2, 0) is 24.8 Å². The first kappa shape index (κ1) is 21.8. The summed E-state index contributed by atoms with van der Waals surface area (Å²) < 4.78 is 7.20. The number of hydrogen-bond donors (Lipinski definition) is 0. The molecule has 0 saturated heterocycles. The standard InChI is InChI=1S/C24H32N4O2/c1-7-16(2)28(15-19-11-9-8-10-12-19)21(29)14-13-20-17(3)22-23(25-18(20)4)27(5)26-24(22)30-6/h8-12,16H,7,13-15H2,1-6H3. The van der Waals surface area contributed by atoms with Gasteiger partial charge in [-0.3, -0.25) is 4.79 Å². The van der Waals surface area contributed by atoms with Gasteiger partial charge >= 0.3 is 0 Å². The van der Waals surface area contributed by atoms with E-state index in [0.29, 0.717) is 25.3 Å². The fraction of sp³-hybridized carbons (Fsp3) is 0.458. The van der Waals surface area contributed by atoms with Crippen LogP contribution in [0, 0.1) is 13.8 Å². The van der Waals surface area contributed by atoms with E-state index in [1.165, 1.54) is 0 Å². The molecule has 160 valence electrons. The highest BCUT2D eigenvalue weighted by Crippen LogP contribution is 2.30. The Morgan fingerprint density at radius 1 is 1.23 bits per heavy atom. The Kier molecular flexibility index (Phi) is 6.75. The number of rotatable bonds is 8. The van der Waals surface area contributed by atoms with E-state index in [2.05, 4.69) is 38.0 Å². The normalized spacial score (nSPS) is 12.2. The molecule has 0 bridgehead atoms. The largest absolute Gasteiger partial charge is 0.479 e. The molecule has 0 fully saturated rings. The quantitative estimate of drug-likeness (QED) is 0.556. The number of methoxy groups -OCH3 is 1. The van der Waals surface area contributed by atoms with Crippen LogP contribution in [0.2, 0.25) is 0 Å². The van der Waals surface area contributed by atoms with Crippen molar-refractivity contribution in [2.75, 3.05) is 7.11 Å². The molecule has 1 atom stereocenters. The summed E-state index contributed by atoms with van der Waals surface area (Å²) in [6, 6.07) is 10.4. The highest BCUT2D eigenvalue weighted by Gasteiger charge is 2.22. The summed E-state index contributed by atoms with van der Waals surface area (Å²) in [7, 11) is 3.49. The first-order valence-electron chi connectivity index (χ1n) is 10.6. The van der Waals surface area contributed by atoms with Gasteiger partial charge in [-0.15, -0.1) is 5.10 Å². The van der Waals surface area contributed by atoms with Crippen molar-refractivity contribution in [2.24, 2.45) is 7.05 Å². The molecule has 0 spiro atoms. The average Bonchev–Trinajstić information content (AvgIpc) is 3.07. The van der Waals surface area contributed by atoms with E-state index >= 15 is 0 Å². The van der Waals surface area contributed by atoms with Crippen LogP contribution < -0.4 is 4.74 Å². The fourth-order valence-corrected chi connectivity index (χ4v) is 3.97. The van der Waals surface area contributed by atoms with Crippen LogP contribution >= 0.6 is 0 Å². The zero-order valence-corrected chi connectivity index (χ0v) is 18.9. The molecule has 1 aromatic carbocycles. The second-order valence-electron chi connectivity index (χ2n) is 7.90. The molecule has 0 aliphatic heterocycles. The Hall–Kier alpha value is -2.89. The third-order valence-corrected chi connectivity index (χ3v) is 5.94. The summed E-state index contributed by atoms with van der Waals surface area (Å²) in [5, 5.41) is 5.34. The van der Waals surface area contributed by atoms with Crippen LogP contribution in [0.4, 0.5) is 0 Å². The molecule has 30 heavy (non-hydrogen) atoms. The number of amides is 1. The lowest BCUT2D eigenvalue weighted by Crippen LogP contribution is -2.38. The first-order chi connectivity index (χ1) is 14.4. The van der Waals surface area contributed by atoms with E-state index < -0.39 is 0 Å². The number of pyridine rings is 1. The van der Waals surface area contributed by atoms with Crippen molar-refractivity contribution in [3.05, 3.63) is 52.7 Å². The molecule has 2 aromatic heterocycles. The van der Waals surface area contributed by atoms with Gasteiger partial charge in [-0.1, -0.05) is 37.3 Å². The fourth-order valence-electron chi connectivity index (χ4n) is 3.97. The average molecular weight is 409 g/mol. The SMILES string of the molecule is CCC(C)N(Cc1ccccc1)C(=O)CCc1c(C)nc2c(c(OC)nn2C)c1C. The van der Waals surface area contributed by atoms with Gasteiger partial charge in [0.05, 0.1) is 12.5 Å². The summed E-state index contributed by atoms with van der Waals surface area (Å²) in [5.74, 6) is 0.751. The highest BCUT2D eigenvalue weighted by molar-refractivity contribution is 5.86. The van der Waals surface area contributed by atoms with Crippen molar-refractivity contribution < 1.29 is 9.53 Å². The number of aryl methyl sites for hydroxylation is 3. The lowest BCUT2D eigenvalue weighted by atomic mass is 9.99. The van der Waals surface area contributed by atoms with E-state index in [4.69, 9.17) is 9.72 Å². The molecular formula is C24H32N4O2. The predicted molar refractivity (Wildman–Crippen MR) is 120 cm³/mol. The Labute approximate surface area is 178 Å². The van der Waals surface area contributed by atoms with Crippen molar-refractivity contribution >= 4 is 16.9 Å². The number of nitrogens with zero attached hydrogens (tertiary/aromatic N) is 4. The molecule has 0 aliphatic rings. The zero-order valence-electron chi connectivity index (χ0n) is 18.9. The van der Waals surface area contributed by atoms with E-state index in [0.717, 1.165) is 39.8 Å². The van der Waals surface area contributed by atoms with Crippen LogP contribution in [-0.4, -0.2) is 38.7 Å². The zero-order chi connectivity index (χ0) is 21.8. The van der Waals surface area contributed by atoms with E-state index in [1.807, 2.05) is 37.1 Å². The van der Waals surface area contributed by atoms with Gasteiger partial charge in [0.25, 0.3) is 0 Å².